The van der Waals surface area contributed by atoms with Gasteiger partial charge < -0.3 is 9.84 Å². The van der Waals surface area contributed by atoms with Crippen molar-refractivity contribution in [3.63, 3.8) is 0 Å². The van der Waals surface area contributed by atoms with Crippen LogP contribution in [0.25, 0.3) is 5.69 Å². The molecule has 1 N–H and O–H groups in total. The minimum atomic E-state index is -1.14. The first-order valence-corrected chi connectivity index (χ1v) is 9.09. The third kappa shape index (κ3) is 4.50. The Morgan fingerprint density at radius 3 is 2.70 bits per heavy atom. The van der Waals surface area contributed by atoms with Gasteiger partial charge in [-0.15, -0.1) is 0 Å². The number of ketones is 1. The predicted molar refractivity (Wildman–Crippen MR) is 104 cm³/mol. The number of carboxylic acid groups (broad SMARTS) is 1. The van der Waals surface area contributed by atoms with Crippen LogP contribution in [0.3, 0.4) is 0 Å². The molecule has 0 fully saturated rings. The van der Waals surface area contributed by atoms with Crippen LogP contribution >= 0.6 is 39.1 Å². The van der Waals surface area contributed by atoms with Crippen molar-refractivity contribution < 1.29 is 19.4 Å². The second kappa shape index (κ2) is 8.12. The third-order valence-corrected chi connectivity index (χ3v) is 4.59. The zero-order chi connectivity index (χ0) is 19.6. The van der Waals surface area contributed by atoms with E-state index in [9.17, 15) is 9.59 Å². The molecule has 0 unspecified atom stereocenters. The van der Waals surface area contributed by atoms with Gasteiger partial charge in [-0.3, -0.25) is 4.79 Å². The molecule has 0 bridgehead atoms. The van der Waals surface area contributed by atoms with Gasteiger partial charge in [0.2, 0.25) is 0 Å². The zero-order valence-electron chi connectivity index (χ0n) is 13.5. The van der Waals surface area contributed by atoms with Gasteiger partial charge in [0.05, 0.1) is 28.0 Å². The van der Waals surface area contributed by atoms with Crippen LogP contribution in [-0.4, -0.2) is 33.2 Å². The van der Waals surface area contributed by atoms with Crippen LogP contribution in [0.4, 0.5) is 0 Å². The molecule has 0 saturated carbocycles. The van der Waals surface area contributed by atoms with Crippen LogP contribution in [0.15, 0.2) is 53.3 Å². The van der Waals surface area contributed by atoms with Crippen molar-refractivity contribution >= 4 is 50.9 Å². The summed E-state index contributed by atoms with van der Waals surface area (Å²) in [6.07, 6.45) is 2.91. The maximum Gasteiger partial charge on any atom is 0.341 e. The van der Waals surface area contributed by atoms with Crippen LogP contribution in [0.1, 0.15) is 15.9 Å². The van der Waals surface area contributed by atoms with E-state index in [1.807, 2.05) is 0 Å². The Kier molecular flexibility index (Phi) is 5.84. The number of halogens is 3. The summed E-state index contributed by atoms with van der Waals surface area (Å²) in [6, 6.07) is 9.65. The minimum Gasteiger partial charge on any atom is -0.481 e. The number of rotatable bonds is 6. The van der Waals surface area contributed by atoms with Crippen molar-refractivity contribution in [2.45, 2.75) is 0 Å². The van der Waals surface area contributed by atoms with Gasteiger partial charge in [0, 0.05) is 15.7 Å². The standard InChI is InChI=1S/C18H11BrCl2N2O4/c19-11-1-4-16(27-9-17(24)25)13(5-11)18(26)10-7-22-23(8-10)15-6-12(20)2-3-14(15)21/h1-8H,9H2,(H,24,25). The number of carbonyl (C=O) groups excluding carboxylic acids is 1. The highest BCUT2D eigenvalue weighted by atomic mass is 79.9. The molecule has 6 nitrogen and oxygen atoms in total. The Hall–Kier alpha value is -2.35. The van der Waals surface area contributed by atoms with Crippen molar-refractivity contribution in [2.75, 3.05) is 6.61 Å². The molecule has 27 heavy (non-hydrogen) atoms. The van der Waals surface area contributed by atoms with Gasteiger partial charge in [-0.25, -0.2) is 9.48 Å². The highest BCUT2D eigenvalue weighted by molar-refractivity contribution is 9.10. The van der Waals surface area contributed by atoms with E-state index in [-0.39, 0.29) is 22.7 Å². The molecule has 0 aliphatic carbocycles. The fraction of sp³-hybridized carbons (Fsp3) is 0.0556. The number of ether oxygens (including phenoxy) is 1. The summed E-state index contributed by atoms with van der Waals surface area (Å²) in [6.45, 7) is -0.556. The first kappa shape index (κ1) is 19.4. The molecule has 0 radical (unpaired) electrons. The normalized spacial score (nSPS) is 10.6. The number of hydrogen-bond acceptors (Lipinski definition) is 4. The number of hydrogen-bond donors (Lipinski definition) is 1. The van der Waals surface area contributed by atoms with Crippen molar-refractivity contribution in [3.05, 3.63) is 74.4 Å². The van der Waals surface area contributed by atoms with E-state index in [0.29, 0.717) is 20.2 Å². The van der Waals surface area contributed by atoms with E-state index in [0.717, 1.165) is 0 Å². The van der Waals surface area contributed by atoms with Gasteiger partial charge in [-0.2, -0.15) is 5.10 Å². The molecule has 2 aromatic carbocycles. The second-order valence-corrected chi connectivity index (χ2v) is 7.18. The molecular weight excluding hydrogens is 459 g/mol. The molecule has 3 rings (SSSR count). The van der Waals surface area contributed by atoms with Gasteiger partial charge in [0.25, 0.3) is 0 Å². The van der Waals surface area contributed by atoms with Crippen molar-refractivity contribution in [3.8, 4) is 11.4 Å². The summed E-state index contributed by atoms with van der Waals surface area (Å²) in [5, 5.41) is 13.9. The second-order valence-electron chi connectivity index (χ2n) is 5.42. The van der Waals surface area contributed by atoms with Gasteiger partial charge in [-0.05, 0) is 36.4 Å². The first-order valence-electron chi connectivity index (χ1n) is 7.54. The monoisotopic (exact) mass is 468 g/mol. The maximum absolute atomic E-state index is 12.9. The lowest BCUT2D eigenvalue weighted by Crippen LogP contribution is -2.12. The van der Waals surface area contributed by atoms with E-state index in [2.05, 4.69) is 21.0 Å². The predicted octanol–water partition coefficient (Wildman–Crippen LogP) is 4.64. The van der Waals surface area contributed by atoms with Crippen LogP contribution in [0.5, 0.6) is 5.75 Å². The molecule has 1 aromatic heterocycles. The summed E-state index contributed by atoms with van der Waals surface area (Å²) in [7, 11) is 0. The number of aliphatic carboxylic acids is 1. The largest absolute Gasteiger partial charge is 0.481 e. The summed E-state index contributed by atoms with van der Waals surface area (Å²) < 4.78 is 7.31. The Morgan fingerprint density at radius 1 is 1.19 bits per heavy atom. The summed E-state index contributed by atoms with van der Waals surface area (Å²) in [5.41, 5.74) is 1.02. The number of carbonyl (C=O) groups is 2. The molecule has 0 aliphatic heterocycles. The highest BCUT2D eigenvalue weighted by Gasteiger charge is 2.19. The van der Waals surface area contributed by atoms with E-state index in [4.69, 9.17) is 33.0 Å². The summed E-state index contributed by atoms with van der Waals surface area (Å²) in [4.78, 5) is 23.7. The number of carboxylic acids is 1. The molecule has 0 amide bonds. The van der Waals surface area contributed by atoms with Crippen LogP contribution in [0, 0.1) is 0 Å². The lowest BCUT2D eigenvalue weighted by atomic mass is 10.1. The Balaban J connectivity index is 1.95. The Morgan fingerprint density at radius 2 is 1.96 bits per heavy atom. The van der Waals surface area contributed by atoms with Crippen LogP contribution < -0.4 is 4.74 Å². The molecule has 1 heterocycles. The number of aromatic nitrogens is 2. The minimum absolute atomic E-state index is 0.166. The Labute approximate surface area is 172 Å². The topological polar surface area (TPSA) is 81.4 Å². The Bertz CT molecular complexity index is 1040. The van der Waals surface area contributed by atoms with Crippen molar-refractivity contribution in [1.82, 2.24) is 9.78 Å². The summed E-state index contributed by atoms with van der Waals surface area (Å²) in [5.74, 6) is -1.35. The molecule has 0 atom stereocenters. The number of nitrogens with zero attached hydrogens (tertiary/aromatic N) is 2. The molecule has 3 aromatic rings. The fourth-order valence-corrected chi connectivity index (χ4v) is 3.07. The highest BCUT2D eigenvalue weighted by Crippen LogP contribution is 2.27. The smallest absolute Gasteiger partial charge is 0.341 e. The maximum atomic E-state index is 12.9. The van der Waals surface area contributed by atoms with Crippen molar-refractivity contribution in [2.24, 2.45) is 0 Å². The van der Waals surface area contributed by atoms with Gasteiger partial charge in [0.1, 0.15) is 5.75 Å². The zero-order valence-corrected chi connectivity index (χ0v) is 16.6. The molecule has 9 heteroatoms. The molecule has 0 spiro atoms. The van der Waals surface area contributed by atoms with Crippen LogP contribution in [-0.2, 0) is 4.79 Å². The quantitative estimate of drug-likeness (QED) is 0.532. The van der Waals surface area contributed by atoms with Gasteiger partial charge in [0.15, 0.2) is 12.4 Å². The van der Waals surface area contributed by atoms with E-state index in [1.54, 1.807) is 30.3 Å². The molecule has 0 aliphatic rings. The average molecular weight is 470 g/mol. The van der Waals surface area contributed by atoms with Crippen LogP contribution in [0.2, 0.25) is 10.0 Å². The fourth-order valence-electron chi connectivity index (χ4n) is 2.33. The third-order valence-electron chi connectivity index (χ3n) is 3.54. The molecular formula is C18H11BrCl2N2O4. The van der Waals surface area contributed by atoms with Gasteiger partial charge >= 0.3 is 5.97 Å². The molecule has 0 saturated heterocycles. The van der Waals surface area contributed by atoms with Crippen molar-refractivity contribution in [1.29, 1.82) is 0 Å². The lowest BCUT2D eigenvalue weighted by Gasteiger charge is -2.09. The number of benzene rings is 2. The van der Waals surface area contributed by atoms with E-state index < -0.39 is 12.6 Å². The lowest BCUT2D eigenvalue weighted by molar-refractivity contribution is -0.139. The van der Waals surface area contributed by atoms with Gasteiger partial charge in [-0.1, -0.05) is 39.1 Å². The van der Waals surface area contributed by atoms with E-state index >= 15 is 0 Å². The SMILES string of the molecule is O=C(O)COc1ccc(Br)cc1C(=O)c1cnn(-c2cc(Cl)ccc2Cl)c1. The van der Waals surface area contributed by atoms with E-state index in [1.165, 1.54) is 23.1 Å². The first-order chi connectivity index (χ1) is 12.8. The summed E-state index contributed by atoms with van der Waals surface area (Å²) >= 11 is 15.5. The average Bonchev–Trinajstić information content (AvgIpc) is 3.11. The molecule has 138 valence electrons.